The molecule has 1 heterocycles. The average Bonchev–Trinajstić information content (AvgIpc) is 2.57. The molecule has 0 aliphatic carbocycles. The van der Waals surface area contributed by atoms with Crippen molar-refractivity contribution in [2.24, 2.45) is 4.99 Å². The fourth-order valence-electron chi connectivity index (χ4n) is 2.50. The number of carbonyl (C=O) groups is 1. The fourth-order valence-corrected chi connectivity index (χ4v) is 3.24. The minimum atomic E-state index is -0.216. The number of nitrogens with one attached hydrogen (secondary N) is 2. The summed E-state index contributed by atoms with van der Waals surface area (Å²) in [4.78, 5) is 18.9. The molecule has 24 heavy (non-hydrogen) atoms. The van der Waals surface area contributed by atoms with Gasteiger partial charge in [0.1, 0.15) is 5.82 Å². The average molecular weight is 352 g/mol. The first kappa shape index (κ1) is 18.6. The van der Waals surface area contributed by atoms with Crippen LogP contribution in [0.25, 0.3) is 0 Å². The van der Waals surface area contributed by atoms with Crippen molar-refractivity contribution in [3.63, 3.8) is 0 Å². The van der Waals surface area contributed by atoms with Gasteiger partial charge >= 0.3 is 0 Å². The standard InChI is InChI=1S/C17H25FN4OS/c1-3-19-17(21-14-6-9-16(23)22(2)12-14)20-10-11-24-15-7-4-13(18)5-8-15/h4-5,7-8,14H,3,6,9-12H2,1-2H3,(H2,19,20,21). The van der Waals surface area contributed by atoms with Gasteiger partial charge in [0.2, 0.25) is 5.91 Å². The lowest BCUT2D eigenvalue weighted by molar-refractivity contribution is -0.132. The van der Waals surface area contributed by atoms with Gasteiger partial charge in [0.15, 0.2) is 5.96 Å². The number of benzene rings is 1. The molecule has 1 amide bonds. The van der Waals surface area contributed by atoms with Gasteiger partial charge < -0.3 is 15.5 Å². The van der Waals surface area contributed by atoms with Crippen LogP contribution in [0.3, 0.4) is 0 Å². The number of nitrogens with zero attached hydrogens (tertiary/aromatic N) is 2. The van der Waals surface area contributed by atoms with Crippen molar-refractivity contribution >= 4 is 23.6 Å². The summed E-state index contributed by atoms with van der Waals surface area (Å²) in [6.07, 6.45) is 1.41. The minimum absolute atomic E-state index is 0.200. The second-order valence-electron chi connectivity index (χ2n) is 5.72. The highest BCUT2D eigenvalue weighted by Gasteiger charge is 2.23. The van der Waals surface area contributed by atoms with Gasteiger partial charge in [-0.25, -0.2) is 4.39 Å². The molecule has 2 rings (SSSR count). The Balaban J connectivity index is 1.79. The highest BCUT2D eigenvalue weighted by Crippen LogP contribution is 2.17. The predicted molar refractivity (Wildman–Crippen MR) is 96.9 cm³/mol. The maximum Gasteiger partial charge on any atom is 0.222 e. The molecule has 0 saturated carbocycles. The Morgan fingerprint density at radius 1 is 1.42 bits per heavy atom. The van der Waals surface area contributed by atoms with Crippen LogP contribution in [0.4, 0.5) is 4.39 Å². The summed E-state index contributed by atoms with van der Waals surface area (Å²) in [5, 5.41) is 6.64. The Kier molecular flexibility index (Phi) is 7.36. The van der Waals surface area contributed by atoms with Crippen molar-refractivity contribution in [2.75, 3.05) is 32.4 Å². The van der Waals surface area contributed by atoms with E-state index in [1.165, 1.54) is 12.1 Å². The summed E-state index contributed by atoms with van der Waals surface area (Å²) < 4.78 is 12.9. The lowest BCUT2D eigenvalue weighted by Gasteiger charge is -2.31. The smallest absolute Gasteiger partial charge is 0.222 e. The molecule has 1 atom stereocenters. The van der Waals surface area contributed by atoms with Crippen LogP contribution in [0.2, 0.25) is 0 Å². The predicted octanol–water partition coefficient (Wildman–Crippen LogP) is 2.09. The van der Waals surface area contributed by atoms with Crippen LogP contribution in [0.15, 0.2) is 34.2 Å². The van der Waals surface area contributed by atoms with E-state index in [4.69, 9.17) is 0 Å². The number of halogens is 1. The number of hydrogen-bond acceptors (Lipinski definition) is 3. The van der Waals surface area contributed by atoms with E-state index in [-0.39, 0.29) is 17.8 Å². The van der Waals surface area contributed by atoms with Crippen LogP contribution in [-0.4, -0.2) is 55.2 Å². The zero-order chi connectivity index (χ0) is 17.4. The quantitative estimate of drug-likeness (QED) is 0.356. The van der Waals surface area contributed by atoms with E-state index in [0.717, 1.165) is 29.6 Å². The molecule has 1 saturated heterocycles. The van der Waals surface area contributed by atoms with Crippen molar-refractivity contribution in [1.82, 2.24) is 15.5 Å². The minimum Gasteiger partial charge on any atom is -0.357 e. The number of amides is 1. The largest absolute Gasteiger partial charge is 0.357 e. The third-order valence-corrected chi connectivity index (χ3v) is 4.75. The highest BCUT2D eigenvalue weighted by molar-refractivity contribution is 7.99. The van der Waals surface area contributed by atoms with Crippen LogP contribution in [0.5, 0.6) is 0 Å². The van der Waals surface area contributed by atoms with Gasteiger partial charge in [-0.15, -0.1) is 11.8 Å². The van der Waals surface area contributed by atoms with E-state index >= 15 is 0 Å². The number of likely N-dealkylation sites (tertiary alicyclic amines) is 1. The molecule has 1 aromatic carbocycles. The van der Waals surface area contributed by atoms with Crippen molar-refractivity contribution < 1.29 is 9.18 Å². The number of hydrogen-bond donors (Lipinski definition) is 2. The molecule has 0 aromatic heterocycles. The van der Waals surface area contributed by atoms with E-state index < -0.39 is 0 Å². The lowest BCUT2D eigenvalue weighted by atomic mass is 10.1. The van der Waals surface area contributed by atoms with Crippen LogP contribution in [-0.2, 0) is 4.79 Å². The number of guanidine groups is 1. The van der Waals surface area contributed by atoms with Crippen LogP contribution in [0, 0.1) is 5.82 Å². The first-order valence-corrected chi connectivity index (χ1v) is 9.24. The summed E-state index contributed by atoms with van der Waals surface area (Å²) >= 11 is 1.65. The normalized spacial score (nSPS) is 18.6. The summed E-state index contributed by atoms with van der Waals surface area (Å²) in [5.41, 5.74) is 0. The van der Waals surface area contributed by atoms with Gasteiger partial charge in [0.05, 0.1) is 6.54 Å². The Bertz CT molecular complexity index is 564. The molecule has 1 aliphatic heterocycles. The molecule has 132 valence electrons. The number of carbonyl (C=O) groups excluding carboxylic acids is 1. The topological polar surface area (TPSA) is 56.7 Å². The van der Waals surface area contributed by atoms with Crippen molar-refractivity contribution in [1.29, 1.82) is 0 Å². The van der Waals surface area contributed by atoms with Gasteiger partial charge in [-0.1, -0.05) is 0 Å². The molecular weight excluding hydrogens is 327 g/mol. The van der Waals surface area contributed by atoms with Crippen molar-refractivity contribution in [3.05, 3.63) is 30.1 Å². The second-order valence-corrected chi connectivity index (χ2v) is 6.89. The Labute approximate surface area is 147 Å². The number of likely N-dealkylation sites (N-methyl/N-ethyl adjacent to an activating group) is 1. The van der Waals surface area contributed by atoms with E-state index in [1.54, 1.807) is 28.8 Å². The van der Waals surface area contributed by atoms with Crippen LogP contribution >= 0.6 is 11.8 Å². The van der Waals surface area contributed by atoms with Gasteiger partial charge in [-0.3, -0.25) is 9.79 Å². The summed E-state index contributed by atoms with van der Waals surface area (Å²) in [6.45, 7) is 4.19. The van der Waals surface area contributed by atoms with Crippen molar-refractivity contribution in [2.45, 2.75) is 30.7 Å². The second kappa shape index (κ2) is 9.52. The Morgan fingerprint density at radius 2 is 2.17 bits per heavy atom. The van der Waals surface area contributed by atoms with E-state index in [9.17, 15) is 9.18 Å². The van der Waals surface area contributed by atoms with Gasteiger partial charge in [-0.2, -0.15) is 0 Å². The molecular formula is C17H25FN4OS. The first-order chi connectivity index (χ1) is 11.6. The Hall–Kier alpha value is -1.76. The van der Waals surface area contributed by atoms with Crippen molar-refractivity contribution in [3.8, 4) is 0 Å². The number of piperidine rings is 1. The van der Waals surface area contributed by atoms with Gasteiger partial charge in [-0.05, 0) is 37.6 Å². The lowest BCUT2D eigenvalue weighted by Crippen LogP contribution is -2.51. The van der Waals surface area contributed by atoms with E-state index in [2.05, 4.69) is 15.6 Å². The summed E-state index contributed by atoms with van der Waals surface area (Å²) in [7, 11) is 1.83. The Morgan fingerprint density at radius 3 is 2.83 bits per heavy atom. The molecule has 5 nitrogen and oxygen atoms in total. The molecule has 0 spiro atoms. The fraction of sp³-hybridized carbons (Fsp3) is 0.529. The molecule has 1 aromatic rings. The maximum atomic E-state index is 12.9. The third kappa shape index (κ3) is 6.03. The number of aliphatic imine (C=N–C) groups is 1. The van der Waals surface area contributed by atoms with Gasteiger partial charge in [0.25, 0.3) is 0 Å². The molecule has 1 unspecified atom stereocenters. The molecule has 0 bridgehead atoms. The molecule has 7 heteroatoms. The monoisotopic (exact) mass is 352 g/mol. The molecule has 1 aliphatic rings. The number of thioether (sulfide) groups is 1. The maximum absolute atomic E-state index is 12.9. The summed E-state index contributed by atoms with van der Waals surface area (Å²) in [6, 6.07) is 6.73. The molecule has 1 fully saturated rings. The van der Waals surface area contributed by atoms with E-state index in [0.29, 0.717) is 19.5 Å². The zero-order valence-corrected chi connectivity index (χ0v) is 15.0. The number of rotatable bonds is 6. The van der Waals surface area contributed by atoms with Gasteiger partial charge in [0, 0.05) is 43.2 Å². The molecule has 2 N–H and O–H groups in total. The van der Waals surface area contributed by atoms with Crippen LogP contribution < -0.4 is 10.6 Å². The first-order valence-electron chi connectivity index (χ1n) is 8.25. The highest BCUT2D eigenvalue weighted by atomic mass is 32.2. The molecule has 0 radical (unpaired) electrons. The third-order valence-electron chi connectivity index (χ3n) is 3.76. The zero-order valence-electron chi connectivity index (χ0n) is 14.2. The SMILES string of the molecule is CCNC(=NCCSc1ccc(F)cc1)NC1CCC(=O)N(C)C1. The van der Waals surface area contributed by atoms with E-state index in [1.807, 2.05) is 14.0 Å². The van der Waals surface area contributed by atoms with Crippen LogP contribution in [0.1, 0.15) is 19.8 Å². The summed E-state index contributed by atoms with van der Waals surface area (Å²) in [5.74, 6) is 1.59.